The first kappa shape index (κ1) is 18.4. The fraction of sp³-hybridized carbons (Fsp3) is 0.750. The molecule has 9 heteroatoms. The summed E-state index contributed by atoms with van der Waals surface area (Å²) in [5.41, 5.74) is 5.73. The maximum Gasteiger partial charge on any atom is 0.262 e. The summed E-state index contributed by atoms with van der Waals surface area (Å²) in [6, 6.07) is -0.231. The average molecular weight is 339 g/mol. The molecule has 7 nitrogen and oxygen atoms in total. The molecular weight excluding hydrogens is 316 g/mol. The van der Waals surface area contributed by atoms with Crippen LogP contribution in [0.25, 0.3) is 0 Å². The highest BCUT2D eigenvalue weighted by atomic mass is 35.5. The number of piperidine rings is 1. The lowest BCUT2D eigenvalue weighted by Gasteiger charge is -2.36. The summed E-state index contributed by atoms with van der Waals surface area (Å²) < 4.78 is 33.8. The molecule has 1 aliphatic heterocycles. The normalized spacial score (nSPS) is 23.8. The van der Waals surface area contributed by atoms with E-state index in [1.807, 2.05) is 6.92 Å². The van der Waals surface area contributed by atoms with Crippen molar-refractivity contribution in [1.82, 2.24) is 13.9 Å². The molecule has 2 atom stereocenters. The van der Waals surface area contributed by atoms with Crippen LogP contribution in [0.3, 0.4) is 0 Å². The van der Waals surface area contributed by atoms with Gasteiger partial charge in [0.2, 0.25) is 0 Å². The predicted octanol–water partition coefficient (Wildman–Crippen LogP) is 0.452. The van der Waals surface area contributed by atoms with E-state index in [1.54, 1.807) is 17.9 Å². The smallest absolute Gasteiger partial charge is 0.262 e. The van der Waals surface area contributed by atoms with Gasteiger partial charge in [0.25, 0.3) is 10.0 Å². The van der Waals surface area contributed by atoms with Crippen LogP contribution in [0.2, 0.25) is 0 Å². The second-order valence-electron chi connectivity index (χ2n) is 4.93. The Bertz CT molecular complexity index is 548. The number of aryl methyl sites for hydroxylation is 1. The van der Waals surface area contributed by atoms with E-state index in [9.17, 15) is 8.42 Å². The number of nitrogens with zero attached hydrogens (tertiary/aromatic N) is 3. The van der Waals surface area contributed by atoms with Gasteiger partial charge < -0.3 is 15.0 Å². The second kappa shape index (κ2) is 7.55. The number of imidazole rings is 1. The monoisotopic (exact) mass is 338 g/mol. The molecule has 2 N–H and O–H groups in total. The lowest BCUT2D eigenvalue weighted by atomic mass is 10.0. The third-order valence-electron chi connectivity index (χ3n) is 3.77. The zero-order valence-electron chi connectivity index (χ0n) is 12.3. The number of methoxy groups -OCH3 is 1. The number of hydrogen-bond donors (Lipinski definition) is 1. The summed E-state index contributed by atoms with van der Waals surface area (Å²) in [6.07, 6.45) is 4.47. The van der Waals surface area contributed by atoms with Crippen molar-refractivity contribution < 1.29 is 13.2 Å². The number of nitrogens with two attached hydrogens (primary N) is 1. The first-order valence-electron chi connectivity index (χ1n) is 6.79. The standard InChI is InChI=1S/C12H22N4O3S.ClH/c1-3-15-8-12(14-9-15)20(17,18)16-5-4-11(19-2)6-10(16)7-13;/h8-11H,3-7,13H2,1-2H3;1H. The van der Waals surface area contributed by atoms with Crippen LogP contribution in [0.1, 0.15) is 19.8 Å². The van der Waals surface area contributed by atoms with E-state index >= 15 is 0 Å². The molecular formula is C12H23ClN4O3S. The highest BCUT2D eigenvalue weighted by Gasteiger charge is 2.37. The zero-order chi connectivity index (χ0) is 14.8. The molecule has 0 spiro atoms. The Labute approximate surface area is 131 Å². The summed E-state index contributed by atoms with van der Waals surface area (Å²) >= 11 is 0. The minimum atomic E-state index is -3.58. The van der Waals surface area contributed by atoms with Gasteiger partial charge in [0, 0.05) is 39.0 Å². The maximum atomic E-state index is 12.6. The topological polar surface area (TPSA) is 90.5 Å². The van der Waals surface area contributed by atoms with Crippen molar-refractivity contribution in [1.29, 1.82) is 0 Å². The molecule has 1 aromatic rings. The summed E-state index contributed by atoms with van der Waals surface area (Å²) in [4.78, 5) is 4.00. The average Bonchev–Trinajstić information content (AvgIpc) is 2.96. The molecule has 0 aliphatic carbocycles. The van der Waals surface area contributed by atoms with E-state index in [0.29, 0.717) is 25.9 Å². The summed E-state index contributed by atoms with van der Waals surface area (Å²) in [7, 11) is -1.93. The number of halogens is 1. The molecule has 1 aromatic heterocycles. The lowest BCUT2D eigenvalue weighted by Crippen LogP contribution is -2.51. The van der Waals surface area contributed by atoms with Gasteiger partial charge in [-0.25, -0.2) is 13.4 Å². The van der Waals surface area contributed by atoms with Gasteiger partial charge in [-0.05, 0) is 19.8 Å². The fourth-order valence-electron chi connectivity index (χ4n) is 2.50. The van der Waals surface area contributed by atoms with Crippen molar-refractivity contribution in [3.05, 3.63) is 12.5 Å². The van der Waals surface area contributed by atoms with Gasteiger partial charge in [-0.1, -0.05) is 0 Å². The minimum Gasteiger partial charge on any atom is -0.381 e. The number of hydrogen-bond acceptors (Lipinski definition) is 5. The van der Waals surface area contributed by atoms with Crippen molar-refractivity contribution in [3.8, 4) is 0 Å². The van der Waals surface area contributed by atoms with Gasteiger partial charge >= 0.3 is 0 Å². The van der Waals surface area contributed by atoms with E-state index in [4.69, 9.17) is 10.5 Å². The largest absolute Gasteiger partial charge is 0.381 e. The number of ether oxygens (including phenoxy) is 1. The molecule has 0 amide bonds. The quantitative estimate of drug-likeness (QED) is 0.841. The Morgan fingerprint density at radius 3 is 2.76 bits per heavy atom. The molecule has 2 unspecified atom stereocenters. The van der Waals surface area contributed by atoms with Gasteiger partial charge in [0.1, 0.15) is 0 Å². The van der Waals surface area contributed by atoms with Crippen LogP contribution in [0.4, 0.5) is 0 Å². The van der Waals surface area contributed by atoms with Crippen LogP contribution >= 0.6 is 12.4 Å². The molecule has 0 bridgehead atoms. The van der Waals surface area contributed by atoms with Crippen LogP contribution in [-0.2, 0) is 21.3 Å². The fourth-order valence-corrected chi connectivity index (χ4v) is 4.10. The Hall–Kier alpha value is -0.670. The van der Waals surface area contributed by atoms with Crippen LogP contribution in [0, 0.1) is 0 Å². The van der Waals surface area contributed by atoms with E-state index in [2.05, 4.69) is 4.98 Å². The van der Waals surface area contributed by atoms with Crippen molar-refractivity contribution in [2.45, 2.75) is 43.5 Å². The molecule has 21 heavy (non-hydrogen) atoms. The van der Waals surface area contributed by atoms with Crippen molar-refractivity contribution in [2.75, 3.05) is 20.2 Å². The van der Waals surface area contributed by atoms with E-state index in [0.717, 1.165) is 0 Å². The van der Waals surface area contributed by atoms with Gasteiger partial charge in [0.15, 0.2) is 5.03 Å². The van der Waals surface area contributed by atoms with Gasteiger partial charge in [-0.15, -0.1) is 12.4 Å². The van der Waals surface area contributed by atoms with Gasteiger partial charge in [-0.2, -0.15) is 4.31 Å². The van der Waals surface area contributed by atoms with Crippen molar-refractivity contribution in [2.24, 2.45) is 5.73 Å². The minimum absolute atomic E-state index is 0. The first-order valence-corrected chi connectivity index (χ1v) is 8.23. The molecule has 1 aliphatic rings. The van der Waals surface area contributed by atoms with E-state index in [-0.39, 0.29) is 36.1 Å². The number of aromatic nitrogens is 2. The third-order valence-corrected chi connectivity index (χ3v) is 5.60. The number of sulfonamides is 1. The van der Waals surface area contributed by atoms with Crippen LogP contribution < -0.4 is 5.73 Å². The van der Waals surface area contributed by atoms with Crippen molar-refractivity contribution >= 4 is 22.4 Å². The molecule has 2 rings (SSSR count). The Kier molecular flexibility index (Phi) is 6.61. The Morgan fingerprint density at radius 2 is 2.24 bits per heavy atom. The Morgan fingerprint density at radius 1 is 1.52 bits per heavy atom. The van der Waals surface area contributed by atoms with Crippen LogP contribution in [0.15, 0.2) is 17.6 Å². The first-order chi connectivity index (χ1) is 9.52. The molecule has 0 aromatic carbocycles. The SMILES string of the molecule is CCn1cnc(S(=O)(=O)N2CCC(OC)CC2CN)c1.Cl. The molecule has 1 fully saturated rings. The summed E-state index contributed by atoms with van der Waals surface area (Å²) in [5.74, 6) is 0. The van der Waals surface area contributed by atoms with E-state index in [1.165, 1.54) is 10.6 Å². The Balaban J connectivity index is 0.00000220. The number of rotatable bonds is 5. The zero-order valence-corrected chi connectivity index (χ0v) is 13.9. The summed E-state index contributed by atoms with van der Waals surface area (Å²) in [5, 5.41) is 0.0914. The molecule has 0 radical (unpaired) electrons. The van der Waals surface area contributed by atoms with Gasteiger partial charge in [-0.3, -0.25) is 0 Å². The van der Waals surface area contributed by atoms with Gasteiger partial charge in [0.05, 0.1) is 12.4 Å². The predicted molar refractivity (Wildman–Crippen MR) is 81.9 cm³/mol. The van der Waals surface area contributed by atoms with E-state index < -0.39 is 10.0 Å². The molecule has 0 saturated carbocycles. The second-order valence-corrected chi connectivity index (χ2v) is 6.77. The van der Waals surface area contributed by atoms with Crippen LogP contribution in [0.5, 0.6) is 0 Å². The maximum absolute atomic E-state index is 12.6. The highest BCUT2D eigenvalue weighted by molar-refractivity contribution is 7.89. The summed E-state index contributed by atoms with van der Waals surface area (Å²) in [6.45, 7) is 3.33. The van der Waals surface area contributed by atoms with Crippen molar-refractivity contribution in [3.63, 3.8) is 0 Å². The molecule has 122 valence electrons. The highest BCUT2D eigenvalue weighted by Crippen LogP contribution is 2.25. The lowest BCUT2D eigenvalue weighted by molar-refractivity contribution is 0.0401. The van der Waals surface area contributed by atoms with Crippen LogP contribution in [-0.4, -0.2) is 54.6 Å². The third kappa shape index (κ3) is 3.75. The molecule has 2 heterocycles. The molecule has 1 saturated heterocycles.